The van der Waals surface area contributed by atoms with Crippen molar-refractivity contribution >= 4 is 0 Å². The molecule has 0 saturated heterocycles. The number of hydrogen-bond acceptors (Lipinski definition) is 3. The zero-order valence-corrected chi connectivity index (χ0v) is 12.6. The van der Waals surface area contributed by atoms with Gasteiger partial charge in [-0.3, -0.25) is 0 Å². The molecular formula is C17H24N2O. The van der Waals surface area contributed by atoms with Gasteiger partial charge in [-0.2, -0.15) is 5.26 Å². The molecule has 1 aromatic carbocycles. The Kier molecular flexibility index (Phi) is 5.03. The summed E-state index contributed by atoms with van der Waals surface area (Å²) in [5.41, 5.74) is 1.76. The largest absolute Gasteiger partial charge is 0.495 e. The first-order chi connectivity index (χ1) is 9.62. The second-order valence-electron chi connectivity index (χ2n) is 6.14. The van der Waals surface area contributed by atoms with Gasteiger partial charge in [-0.15, -0.1) is 0 Å². The highest BCUT2D eigenvalue weighted by atomic mass is 16.5. The van der Waals surface area contributed by atoms with Crippen LogP contribution in [0.25, 0.3) is 0 Å². The van der Waals surface area contributed by atoms with E-state index in [2.05, 4.69) is 25.2 Å². The standard InChI is InChI=1S/C17H24N2O/c1-12-6-13(2)8-16(7-12)19-11-14-4-5-17(20-3)15(9-14)10-18/h4-5,9,12-13,16,19H,6-8,11H2,1-3H3. The van der Waals surface area contributed by atoms with E-state index in [0.29, 0.717) is 17.4 Å². The Labute approximate surface area is 121 Å². The molecule has 0 aliphatic heterocycles. The maximum absolute atomic E-state index is 9.11. The van der Waals surface area contributed by atoms with E-state index in [0.717, 1.165) is 23.9 Å². The Morgan fingerprint density at radius 2 is 1.95 bits per heavy atom. The number of benzene rings is 1. The third-order valence-corrected chi connectivity index (χ3v) is 4.16. The summed E-state index contributed by atoms with van der Waals surface area (Å²) in [7, 11) is 1.60. The molecule has 1 aliphatic carbocycles. The average Bonchev–Trinajstić information content (AvgIpc) is 2.43. The lowest BCUT2D eigenvalue weighted by Gasteiger charge is -2.32. The molecule has 1 aromatic rings. The second-order valence-corrected chi connectivity index (χ2v) is 6.14. The topological polar surface area (TPSA) is 45.0 Å². The first-order valence-corrected chi connectivity index (χ1v) is 7.42. The van der Waals surface area contributed by atoms with Gasteiger partial charge in [-0.05, 0) is 48.8 Å². The lowest BCUT2D eigenvalue weighted by molar-refractivity contribution is 0.238. The molecule has 3 heteroatoms. The van der Waals surface area contributed by atoms with Crippen LogP contribution in [0.2, 0.25) is 0 Å². The molecule has 1 fully saturated rings. The van der Waals surface area contributed by atoms with E-state index in [-0.39, 0.29) is 0 Å². The van der Waals surface area contributed by atoms with Crippen molar-refractivity contribution in [1.29, 1.82) is 5.26 Å². The van der Waals surface area contributed by atoms with Crippen molar-refractivity contribution in [3.63, 3.8) is 0 Å². The fraction of sp³-hybridized carbons (Fsp3) is 0.588. The normalized spacial score (nSPS) is 26.0. The van der Waals surface area contributed by atoms with Crippen molar-refractivity contribution in [2.45, 2.75) is 45.7 Å². The average molecular weight is 272 g/mol. The van der Waals surface area contributed by atoms with Crippen LogP contribution in [0.3, 0.4) is 0 Å². The lowest BCUT2D eigenvalue weighted by atomic mass is 9.80. The van der Waals surface area contributed by atoms with E-state index in [1.165, 1.54) is 19.3 Å². The highest BCUT2D eigenvalue weighted by molar-refractivity contribution is 5.45. The zero-order valence-electron chi connectivity index (χ0n) is 12.6. The summed E-state index contributed by atoms with van der Waals surface area (Å²) in [5, 5.41) is 12.7. The van der Waals surface area contributed by atoms with Gasteiger partial charge in [-0.25, -0.2) is 0 Å². The van der Waals surface area contributed by atoms with Crippen LogP contribution in [0.5, 0.6) is 5.75 Å². The number of nitriles is 1. The predicted octanol–water partition coefficient (Wildman–Crippen LogP) is 3.48. The first-order valence-electron chi connectivity index (χ1n) is 7.42. The Balaban J connectivity index is 1.95. The maximum Gasteiger partial charge on any atom is 0.136 e. The molecule has 2 unspecified atom stereocenters. The number of methoxy groups -OCH3 is 1. The molecule has 1 saturated carbocycles. The molecule has 0 amide bonds. The van der Waals surface area contributed by atoms with Gasteiger partial charge in [0, 0.05) is 12.6 Å². The Morgan fingerprint density at radius 1 is 1.25 bits per heavy atom. The minimum Gasteiger partial charge on any atom is -0.495 e. The van der Waals surface area contributed by atoms with Crippen LogP contribution < -0.4 is 10.1 Å². The maximum atomic E-state index is 9.11. The molecule has 108 valence electrons. The number of hydrogen-bond donors (Lipinski definition) is 1. The molecule has 0 heterocycles. The molecule has 2 rings (SSSR count). The van der Waals surface area contributed by atoms with Crippen molar-refractivity contribution < 1.29 is 4.74 Å². The van der Waals surface area contributed by atoms with E-state index < -0.39 is 0 Å². The molecule has 0 radical (unpaired) electrons. The molecule has 20 heavy (non-hydrogen) atoms. The minimum absolute atomic E-state index is 0.599. The van der Waals surface area contributed by atoms with Crippen LogP contribution in [0.4, 0.5) is 0 Å². The number of nitrogens with one attached hydrogen (secondary N) is 1. The van der Waals surface area contributed by atoms with Gasteiger partial charge < -0.3 is 10.1 Å². The molecule has 0 spiro atoms. The van der Waals surface area contributed by atoms with Crippen LogP contribution in [-0.4, -0.2) is 13.2 Å². The van der Waals surface area contributed by atoms with Crippen LogP contribution in [0.15, 0.2) is 18.2 Å². The predicted molar refractivity (Wildman–Crippen MR) is 80.5 cm³/mol. The molecule has 1 N–H and O–H groups in total. The van der Waals surface area contributed by atoms with Gasteiger partial charge in [0.2, 0.25) is 0 Å². The lowest BCUT2D eigenvalue weighted by Crippen LogP contribution is -2.35. The van der Waals surface area contributed by atoms with Gasteiger partial charge in [0.05, 0.1) is 12.7 Å². The number of nitrogens with zero attached hydrogens (tertiary/aromatic N) is 1. The smallest absolute Gasteiger partial charge is 0.136 e. The quantitative estimate of drug-likeness (QED) is 0.912. The summed E-state index contributed by atoms with van der Waals surface area (Å²) >= 11 is 0. The van der Waals surface area contributed by atoms with Crippen LogP contribution in [0.1, 0.15) is 44.2 Å². The number of ether oxygens (including phenoxy) is 1. The summed E-state index contributed by atoms with van der Waals surface area (Å²) in [5.74, 6) is 2.26. The van der Waals surface area contributed by atoms with Gasteiger partial charge in [0.15, 0.2) is 0 Å². The Morgan fingerprint density at radius 3 is 2.55 bits per heavy atom. The van der Waals surface area contributed by atoms with Crippen molar-refractivity contribution in [3.8, 4) is 11.8 Å². The van der Waals surface area contributed by atoms with Crippen molar-refractivity contribution in [3.05, 3.63) is 29.3 Å². The summed E-state index contributed by atoms with van der Waals surface area (Å²) in [6.45, 7) is 5.50. The summed E-state index contributed by atoms with van der Waals surface area (Å²) in [4.78, 5) is 0. The third-order valence-electron chi connectivity index (χ3n) is 4.16. The van der Waals surface area contributed by atoms with Gasteiger partial charge >= 0.3 is 0 Å². The van der Waals surface area contributed by atoms with E-state index in [9.17, 15) is 0 Å². The first kappa shape index (κ1) is 14.9. The third kappa shape index (κ3) is 3.74. The van der Waals surface area contributed by atoms with E-state index in [4.69, 9.17) is 10.00 Å². The second kappa shape index (κ2) is 6.76. The fourth-order valence-corrected chi connectivity index (χ4v) is 3.33. The molecule has 3 nitrogen and oxygen atoms in total. The van der Waals surface area contributed by atoms with Crippen LogP contribution >= 0.6 is 0 Å². The fourth-order valence-electron chi connectivity index (χ4n) is 3.33. The molecule has 1 aliphatic rings. The highest BCUT2D eigenvalue weighted by Gasteiger charge is 2.23. The monoisotopic (exact) mass is 272 g/mol. The van der Waals surface area contributed by atoms with Gasteiger partial charge in [0.1, 0.15) is 11.8 Å². The van der Waals surface area contributed by atoms with E-state index in [1.54, 1.807) is 7.11 Å². The Hall–Kier alpha value is -1.53. The van der Waals surface area contributed by atoms with Crippen LogP contribution in [0, 0.1) is 23.2 Å². The molecule has 0 aromatic heterocycles. The highest BCUT2D eigenvalue weighted by Crippen LogP contribution is 2.28. The van der Waals surface area contributed by atoms with E-state index >= 15 is 0 Å². The molecule has 2 atom stereocenters. The van der Waals surface area contributed by atoms with E-state index in [1.807, 2.05) is 18.2 Å². The van der Waals surface area contributed by atoms with Crippen LogP contribution in [-0.2, 0) is 6.54 Å². The van der Waals surface area contributed by atoms with Gasteiger partial charge in [-0.1, -0.05) is 19.9 Å². The summed E-state index contributed by atoms with van der Waals surface area (Å²) in [6.07, 6.45) is 3.86. The Bertz CT molecular complexity index is 482. The SMILES string of the molecule is COc1ccc(CNC2CC(C)CC(C)C2)cc1C#N. The summed E-state index contributed by atoms with van der Waals surface area (Å²) in [6, 6.07) is 8.61. The zero-order chi connectivity index (χ0) is 14.5. The summed E-state index contributed by atoms with van der Waals surface area (Å²) < 4.78 is 5.17. The van der Waals surface area contributed by atoms with Gasteiger partial charge in [0.25, 0.3) is 0 Å². The van der Waals surface area contributed by atoms with Crippen molar-refractivity contribution in [2.24, 2.45) is 11.8 Å². The number of rotatable bonds is 4. The minimum atomic E-state index is 0.599. The molecule has 0 bridgehead atoms. The molecular weight excluding hydrogens is 248 g/mol. The van der Waals surface area contributed by atoms with Crippen molar-refractivity contribution in [1.82, 2.24) is 5.32 Å². The van der Waals surface area contributed by atoms with Crippen molar-refractivity contribution in [2.75, 3.05) is 7.11 Å².